The highest BCUT2D eigenvalue weighted by atomic mass is 16.7. The fourth-order valence-corrected chi connectivity index (χ4v) is 5.57. The van der Waals surface area contributed by atoms with E-state index in [4.69, 9.17) is 20.1 Å². The van der Waals surface area contributed by atoms with Crippen LogP contribution in [0.2, 0.25) is 0 Å². The number of aromatic hydroxyl groups is 2. The first-order chi connectivity index (χ1) is 18.1. The average molecular weight is 529 g/mol. The quantitative estimate of drug-likeness (QED) is 0.116. The van der Waals surface area contributed by atoms with Gasteiger partial charge in [0.25, 0.3) is 0 Å². The zero-order valence-corrected chi connectivity index (χ0v) is 20.5. The van der Waals surface area contributed by atoms with Crippen LogP contribution >= 0.6 is 0 Å². The topological polar surface area (TPSA) is 201 Å². The van der Waals surface area contributed by atoms with Gasteiger partial charge in [0.1, 0.15) is 22.8 Å². The van der Waals surface area contributed by atoms with Crippen molar-refractivity contribution in [1.29, 1.82) is 0 Å². The van der Waals surface area contributed by atoms with Gasteiger partial charge in [0.2, 0.25) is 5.78 Å². The summed E-state index contributed by atoms with van der Waals surface area (Å²) in [6.07, 6.45) is -2.67. The molecule has 202 valence electrons. The molecule has 0 amide bonds. The number of aliphatic hydroxyl groups excluding tert-OH is 2. The van der Waals surface area contributed by atoms with Crippen LogP contribution in [0.5, 0.6) is 17.2 Å². The van der Waals surface area contributed by atoms with E-state index in [1.807, 2.05) is 0 Å². The third kappa shape index (κ3) is 3.92. The van der Waals surface area contributed by atoms with Gasteiger partial charge in [0.15, 0.2) is 12.1 Å². The largest absolute Gasteiger partial charge is 0.507 e. The van der Waals surface area contributed by atoms with Gasteiger partial charge in [-0.25, -0.2) is 0 Å². The fraction of sp³-hybridized carbons (Fsp3) is 0.423. The number of aliphatic hydroxyl groups is 3. The number of benzene rings is 2. The van der Waals surface area contributed by atoms with Crippen molar-refractivity contribution in [2.24, 2.45) is 10.9 Å². The third-order valence-electron chi connectivity index (χ3n) is 7.44. The monoisotopic (exact) mass is 528 g/mol. The first kappa shape index (κ1) is 26.1. The molecule has 3 aliphatic rings. The van der Waals surface area contributed by atoms with Crippen molar-refractivity contribution < 1.29 is 49.3 Å². The summed E-state index contributed by atoms with van der Waals surface area (Å²) >= 11 is 0. The first-order valence-corrected chi connectivity index (χ1v) is 12.1. The van der Waals surface area contributed by atoms with E-state index in [2.05, 4.69) is 5.10 Å². The Kier molecular flexibility index (Phi) is 6.61. The zero-order chi connectivity index (χ0) is 27.4. The molecule has 38 heavy (non-hydrogen) atoms. The fourth-order valence-electron chi connectivity index (χ4n) is 5.57. The molecule has 12 heteroatoms. The number of carbonyl (C=O) groups excluding carboxylic acids is 2. The van der Waals surface area contributed by atoms with Crippen LogP contribution in [0.3, 0.4) is 0 Å². The standard InChI is InChI=1S/C26H28N2O10/c1-36-14-4-2-3-12-18(14)24(33)21-20(22(12)31)23(32)13-7-26(35,16(9-29)28-27)8-15(19(13)25(21)34)38-17-6-5-11(30)10-37-17/h2-4,11,15,17,29-30,32,34-35H,5-10,27H2,1H3/b28-16+/t11-,15?,17-,26+/m1/s1. The number of fused-ring (bicyclic) bond motifs is 3. The number of phenols is 2. The Bertz CT molecular complexity index is 1350. The van der Waals surface area contributed by atoms with Crippen molar-refractivity contribution in [2.75, 3.05) is 20.3 Å². The van der Waals surface area contributed by atoms with E-state index in [9.17, 15) is 35.1 Å². The molecular formula is C26H28N2O10. The van der Waals surface area contributed by atoms with Gasteiger partial charge < -0.3 is 45.6 Å². The molecule has 0 bridgehead atoms. The van der Waals surface area contributed by atoms with Crippen LogP contribution in [0.25, 0.3) is 0 Å². The van der Waals surface area contributed by atoms with Crippen molar-refractivity contribution in [2.45, 2.75) is 49.8 Å². The molecule has 0 aromatic heterocycles. The third-order valence-corrected chi connectivity index (χ3v) is 7.44. The molecule has 1 heterocycles. The number of hydrogen-bond donors (Lipinski definition) is 6. The summed E-state index contributed by atoms with van der Waals surface area (Å²) in [6, 6.07) is 4.45. The lowest BCUT2D eigenvalue weighted by Crippen LogP contribution is -2.48. The van der Waals surface area contributed by atoms with Gasteiger partial charge in [0, 0.05) is 36.0 Å². The van der Waals surface area contributed by atoms with Crippen LogP contribution in [0.15, 0.2) is 23.3 Å². The lowest BCUT2D eigenvalue weighted by Gasteiger charge is -2.41. The molecule has 0 spiro atoms. The van der Waals surface area contributed by atoms with E-state index in [0.29, 0.717) is 12.8 Å². The molecular weight excluding hydrogens is 500 g/mol. The summed E-state index contributed by atoms with van der Waals surface area (Å²) in [4.78, 5) is 27.2. The second-order valence-electron chi connectivity index (χ2n) is 9.65. The Morgan fingerprint density at radius 2 is 1.89 bits per heavy atom. The number of hydrogen-bond acceptors (Lipinski definition) is 12. The van der Waals surface area contributed by atoms with Crippen LogP contribution in [0.1, 0.15) is 68.3 Å². The SMILES string of the molecule is COc1cccc2c1C(=O)c1c(O)c3c(c(O)c1C2=O)C[C@@](O)(/C(CO)=N/N)CC3O[C@@H]1CC[C@@H](O)CO1. The lowest BCUT2D eigenvalue weighted by atomic mass is 9.71. The summed E-state index contributed by atoms with van der Waals surface area (Å²) in [5.74, 6) is 2.92. The van der Waals surface area contributed by atoms with Crippen molar-refractivity contribution in [3.8, 4) is 17.2 Å². The minimum absolute atomic E-state index is 0.00513. The van der Waals surface area contributed by atoms with Gasteiger partial charge in [-0.1, -0.05) is 12.1 Å². The zero-order valence-electron chi connectivity index (χ0n) is 20.5. The lowest BCUT2D eigenvalue weighted by molar-refractivity contribution is -0.216. The normalized spacial score (nSPS) is 26.9. The number of nitrogens with two attached hydrogens (primary N) is 1. The summed E-state index contributed by atoms with van der Waals surface area (Å²) in [5, 5.41) is 57.4. The Hall–Kier alpha value is -3.55. The van der Waals surface area contributed by atoms with Gasteiger partial charge in [-0.15, -0.1) is 0 Å². The van der Waals surface area contributed by atoms with Gasteiger partial charge in [-0.2, -0.15) is 5.10 Å². The van der Waals surface area contributed by atoms with Crippen LogP contribution in [0.4, 0.5) is 0 Å². The highest BCUT2D eigenvalue weighted by Crippen LogP contribution is 2.52. The molecule has 2 aromatic carbocycles. The molecule has 1 saturated heterocycles. The molecule has 0 radical (unpaired) electrons. The summed E-state index contributed by atoms with van der Waals surface area (Å²) in [5.41, 5.74) is -3.06. The Labute approximate surface area is 216 Å². The molecule has 1 aliphatic heterocycles. The number of hydrazone groups is 1. The van der Waals surface area contributed by atoms with Crippen LogP contribution in [-0.2, 0) is 15.9 Å². The molecule has 7 N–H and O–H groups in total. The molecule has 2 aliphatic carbocycles. The molecule has 1 unspecified atom stereocenters. The van der Waals surface area contributed by atoms with Gasteiger partial charge in [-0.05, 0) is 12.5 Å². The van der Waals surface area contributed by atoms with Gasteiger partial charge in [0.05, 0.1) is 54.9 Å². The summed E-state index contributed by atoms with van der Waals surface area (Å²) in [7, 11) is 1.34. The maximum absolute atomic E-state index is 13.6. The minimum atomic E-state index is -1.92. The number of ketones is 2. The number of methoxy groups -OCH3 is 1. The second-order valence-corrected chi connectivity index (χ2v) is 9.65. The van der Waals surface area contributed by atoms with Crippen molar-refractivity contribution in [3.63, 3.8) is 0 Å². The number of ether oxygens (including phenoxy) is 3. The van der Waals surface area contributed by atoms with Crippen molar-refractivity contribution in [1.82, 2.24) is 0 Å². The van der Waals surface area contributed by atoms with Crippen LogP contribution in [-0.4, -0.2) is 81.1 Å². The maximum atomic E-state index is 13.6. The van der Waals surface area contributed by atoms with Gasteiger partial charge in [-0.3, -0.25) is 9.59 Å². The van der Waals surface area contributed by atoms with E-state index in [1.54, 1.807) is 0 Å². The van der Waals surface area contributed by atoms with Crippen molar-refractivity contribution >= 4 is 17.3 Å². The highest BCUT2D eigenvalue weighted by Gasteiger charge is 2.49. The molecule has 2 aromatic rings. The molecule has 1 fully saturated rings. The number of phenolic OH excluding ortho intramolecular Hbond substituents is 2. The molecule has 12 nitrogen and oxygen atoms in total. The van der Waals surface area contributed by atoms with E-state index in [1.165, 1.54) is 25.3 Å². The Morgan fingerprint density at radius 1 is 1.16 bits per heavy atom. The average Bonchev–Trinajstić information content (AvgIpc) is 2.90. The van der Waals surface area contributed by atoms with E-state index < -0.39 is 64.9 Å². The second kappa shape index (κ2) is 9.64. The van der Waals surface area contributed by atoms with E-state index >= 15 is 0 Å². The predicted molar refractivity (Wildman–Crippen MR) is 130 cm³/mol. The number of nitrogens with zero attached hydrogens (tertiary/aromatic N) is 1. The minimum Gasteiger partial charge on any atom is -0.507 e. The molecule has 4 atom stereocenters. The number of rotatable bonds is 5. The van der Waals surface area contributed by atoms with Crippen LogP contribution in [0, 0.1) is 0 Å². The highest BCUT2D eigenvalue weighted by molar-refractivity contribution is 6.31. The number of carbonyl (C=O) groups is 2. The molecule has 5 rings (SSSR count). The van der Waals surface area contributed by atoms with E-state index in [0.717, 1.165) is 0 Å². The molecule has 0 saturated carbocycles. The van der Waals surface area contributed by atoms with E-state index in [-0.39, 0.29) is 53.2 Å². The van der Waals surface area contributed by atoms with Crippen molar-refractivity contribution in [3.05, 3.63) is 51.6 Å². The maximum Gasteiger partial charge on any atom is 0.202 e. The van der Waals surface area contributed by atoms with Gasteiger partial charge >= 0.3 is 0 Å². The predicted octanol–water partition coefficient (Wildman–Crippen LogP) is 0.421. The summed E-state index contributed by atoms with van der Waals surface area (Å²) in [6.45, 7) is -0.699. The smallest absolute Gasteiger partial charge is 0.202 e. The Morgan fingerprint density at radius 3 is 2.53 bits per heavy atom. The Balaban J connectivity index is 1.70. The first-order valence-electron chi connectivity index (χ1n) is 12.1. The van der Waals surface area contributed by atoms with Crippen LogP contribution < -0.4 is 10.6 Å². The summed E-state index contributed by atoms with van der Waals surface area (Å²) < 4.78 is 16.9.